The van der Waals surface area contributed by atoms with Gasteiger partial charge < -0.3 is 14.6 Å². The molecule has 150 valence electrons. The van der Waals surface area contributed by atoms with E-state index in [9.17, 15) is 4.79 Å². The first-order valence-electron chi connectivity index (χ1n) is 9.74. The highest BCUT2D eigenvalue weighted by Gasteiger charge is 2.19. The largest absolute Gasteiger partial charge is 0.451 e. The number of piperidine rings is 1. The Morgan fingerprint density at radius 1 is 1.07 bits per heavy atom. The Morgan fingerprint density at radius 2 is 1.86 bits per heavy atom. The van der Waals surface area contributed by atoms with Gasteiger partial charge in [0.2, 0.25) is 0 Å². The van der Waals surface area contributed by atoms with Crippen LogP contribution < -0.4 is 10.2 Å². The van der Waals surface area contributed by atoms with Crippen LogP contribution >= 0.6 is 23.2 Å². The monoisotopic (exact) mass is 428 g/mol. The third-order valence-electron chi connectivity index (χ3n) is 5.28. The summed E-state index contributed by atoms with van der Waals surface area (Å²) in [5.74, 6) is 0.398. The number of anilines is 2. The van der Waals surface area contributed by atoms with E-state index in [-0.39, 0.29) is 11.7 Å². The first kappa shape index (κ1) is 19.9. The summed E-state index contributed by atoms with van der Waals surface area (Å²) in [6.07, 6.45) is 3.73. The minimum atomic E-state index is -0.312. The third-order valence-corrected chi connectivity index (χ3v) is 5.85. The van der Waals surface area contributed by atoms with Gasteiger partial charge in [0.15, 0.2) is 5.76 Å². The van der Waals surface area contributed by atoms with Gasteiger partial charge in [0.25, 0.3) is 5.91 Å². The molecule has 29 heavy (non-hydrogen) atoms. The van der Waals surface area contributed by atoms with Crippen LogP contribution in [0.3, 0.4) is 0 Å². The van der Waals surface area contributed by atoms with Crippen molar-refractivity contribution in [1.82, 2.24) is 0 Å². The maximum absolute atomic E-state index is 12.6. The summed E-state index contributed by atoms with van der Waals surface area (Å²) in [7, 11) is 0. The zero-order valence-electron chi connectivity index (χ0n) is 16.1. The summed E-state index contributed by atoms with van der Waals surface area (Å²) < 4.78 is 5.71. The zero-order valence-corrected chi connectivity index (χ0v) is 17.6. The fourth-order valence-electron chi connectivity index (χ4n) is 3.70. The Morgan fingerprint density at radius 3 is 2.62 bits per heavy atom. The van der Waals surface area contributed by atoms with E-state index in [2.05, 4.69) is 29.3 Å². The Kier molecular flexibility index (Phi) is 5.84. The van der Waals surface area contributed by atoms with E-state index >= 15 is 0 Å². The van der Waals surface area contributed by atoms with Crippen molar-refractivity contribution < 1.29 is 9.21 Å². The SMILES string of the molecule is CC1CCCCN1c1ccc(NC(=O)c2ccc(-c3cc(Cl)ccc3Cl)o2)cc1. The smallest absolute Gasteiger partial charge is 0.291 e. The molecule has 3 aromatic rings. The van der Waals surface area contributed by atoms with Crippen molar-refractivity contribution in [3.63, 3.8) is 0 Å². The van der Waals surface area contributed by atoms with Crippen LogP contribution in [0.5, 0.6) is 0 Å². The quantitative estimate of drug-likeness (QED) is 0.492. The molecule has 1 N–H and O–H groups in total. The van der Waals surface area contributed by atoms with Gasteiger partial charge in [-0.25, -0.2) is 0 Å². The zero-order chi connectivity index (χ0) is 20.4. The van der Waals surface area contributed by atoms with Crippen molar-refractivity contribution in [2.45, 2.75) is 32.2 Å². The lowest BCUT2D eigenvalue weighted by Gasteiger charge is -2.35. The molecule has 2 aromatic carbocycles. The molecule has 4 rings (SSSR count). The van der Waals surface area contributed by atoms with Gasteiger partial charge >= 0.3 is 0 Å². The topological polar surface area (TPSA) is 45.5 Å². The van der Waals surface area contributed by atoms with Crippen LogP contribution in [-0.2, 0) is 0 Å². The Labute approximate surface area is 180 Å². The molecule has 1 aromatic heterocycles. The summed E-state index contributed by atoms with van der Waals surface area (Å²) in [6, 6.07) is 17.0. The number of nitrogens with zero attached hydrogens (tertiary/aromatic N) is 1. The van der Waals surface area contributed by atoms with E-state index in [1.54, 1.807) is 30.3 Å². The molecule has 2 heterocycles. The number of amides is 1. The minimum Gasteiger partial charge on any atom is -0.451 e. The fraction of sp³-hybridized carbons (Fsp3) is 0.261. The van der Waals surface area contributed by atoms with E-state index in [0.29, 0.717) is 27.4 Å². The number of benzene rings is 2. The third kappa shape index (κ3) is 4.44. The predicted molar refractivity (Wildman–Crippen MR) is 119 cm³/mol. The van der Waals surface area contributed by atoms with Crippen molar-refractivity contribution in [1.29, 1.82) is 0 Å². The normalized spacial score (nSPS) is 16.7. The molecule has 0 aliphatic carbocycles. The number of carbonyl (C=O) groups excluding carboxylic acids is 1. The van der Waals surface area contributed by atoms with E-state index in [1.807, 2.05) is 12.1 Å². The first-order chi connectivity index (χ1) is 14.0. The van der Waals surface area contributed by atoms with Crippen LogP contribution in [-0.4, -0.2) is 18.5 Å². The van der Waals surface area contributed by atoms with E-state index < -0.39 is 0 Å². The van der Waals surface area contributed by atoms with Gasteiger partial charge in [-0.1, -0.05) is 23.2 Å². The summed E-state index contributed by atoms with van der Waals surface area (Å²) in [5, 5.41) is 3.94. The van der Waals surface area contributed by atoms with E-state index in [1.165, 1.54) is 24.9 Å². The van der Waals surface area contributed by atoms with Crippen LogP contribution in [0.4, 0.5) is 11.4 Å². The number of rotatable bonds is 4. The van der Waals surface area contributed by atoms with Gasteiger partial charge in [0.1, 0.15) is 5.76 Å². The fourth-order valence-corrected chi connectivity index (χ4v) is 4.08. The van der Waals surface area contributed by atoms with Gasteiger partial charge in [-0.15, -0.1) is 0 Å². The second kappa shape index (κ2) is 8.52. The molecule has 0 saturated carbocycles. The molecule has 1 fully saturated rings. The molecule has 1 unspecified atom stereocenters. The minimum absolute atomic E-state index is 0.213. The molecule has 1 saturated heterocycles. The number of hydrogen-bond acceptors (Lipinski definition) is 3. The maximum Gasteiger partial charge on any atom is 0.291 e. The molecule has 0 spiro atoms. The average Bonchev–Trinajstić information content (AvgIpc) is 3.21. The number of carbonyl (C=O) groups is 1. The van der Waals surface area contributed by atoms with Gasteiger partial charge in [-0.05, 0) is 80.8 Å². The highest BCUT2D eigenvalue weighted by atomic mass is 35.5. The summed E-state index contributed by atoms with van der Waals surface area (Å²) >= 11 is 12.3. The number of halogens is 2. The summed E-state index contributed by atoms with van der Waals surface area (Å²) in [4.78, 5) is 15.0. The Balaban J connectivity index is 1.46. The molecule has 4 nitrogen and oxygen atoms in total. The molecular formula is C23H22Cl2N2O2. The Bertz CT molecular complexity index is 1010. The molecule has 1 aliphatic rings. The van der Waals surface area contributed by atoms with Crippen LogP contribution in [0.25, 0.3) is 11.3 Å². The molecule has 1 aliphatic heterocycles. The molecular weight excluding hydrogens is 407 g/mol. The van der Waals surface area contributed by atoms with Crippen LogP contribution in [0.15, 0.2) is 59.0 Å². The second-order valence-electron chi connectivity index (χ2n) is 7.33. The lowest BCUT2D eigenvalue weighted by atomic mass is 10.0. The highest BCUT2D eigenvalue weighted by molar-refractivity contribution is 6.35. The average molecular weight is 429 g/mol. The summed E-state index contributed by atoms with van der Waals surface area (Å²) in [5.41, 5.74) is 2.56. The van der Waals surface area contributed by atoms with Gasteiger partial charge in [0, 0.05) is 34.5 Å². The molecule has 6 heteroatoms. The van der Waals surface area contributed by atoms with Crippen molar-refractivity contribution in [3.8, 4) is 11.3 Å². The van der Waals surface area contributed by atoms with Gasteiger partial charge in [-0.2, -0.15) is 0 Å². The van der Waals surface area contributed by atoms with Crippen molar-refractivity contribution in [2.75, 3.05) is 16.8 Å². The highest BCUT2D eigenvalue weighted by Crippen LogP contribution is 2.32. The van der Waals surface area contributed by atoms with E-state index in [4.69, 9.17) is 27.6 Å². The molecule has 0 bridgehead atoms. The van der Waals surface area contributed by atoms with Crippen LogP contribution in [0.1, 0.15) is 36.7 Å². The second-order valence-corrected chi connectivity index (χ2v) is 8.17. The Hall–Kier alpha value is -2.43. The number of hydrogen-bond donors (Lipinski definition) is 1. The lowest BCUT2D eigenvalue weighted by Crippen LogP contribution is -2.37. The standard InChI is InChI=1S/C23H22Cl2N2O2/c1-15-4-2-3-13-27(15)18-8-6-17(7-9-18)26-23(28)22-12-11-21(29-22)19-14-16(24)5-10-20(19)25/h5-12,14-15H,2-4,13H2,1H3,(H,26,28). The van der Waals surface area contributed by atoms with Crippen molar-refractivity contribution in [3.05, 3.63) is 70.4 Å². The lowest BCUT2D eigenvalue weighted by molar-refractivity contribution is 0.0997. The number of furan rings is 1. The molecule has 0 radical (unpaired) electrons. The van der Waals surface area contributed by atoms with Crippen LogP contribution in [0.2, 0.25) is 10.0 Å². The first-order valence-corrected chi connectivity index (χ1v) is 10.5. The predicted octanol–water partition coefficient (Wildman–Crippen LogP) is 6.88. The number of nitrogens with one attached hydrogen (secondary N) is 1. The van der Waals surface area contributed by atoms with Crippen molar-refractivity contribution in [2.24, 2.45) is 0 Å². The van der Waals surface area contributed by atoms with Gasteiger partial charge in [-0.3, -0.25) is 4.79 Å². The van der Waals surface area contributed by atoms with Crippen LogP contribution in [0, 0.1) is 0 Å². The van der Waals surface area contributed by atoms with E-state index in [0.717, 1.165) is 12.2 Å². The maximum atomic E-state index is 12.6. The van der Waals surface area contributed by atoms with Crippen molar-refractivity contribution >= 4 is 40.5 Å². The summed E-state index contributed by atoms with van der Waals surface area (Å²) in [6.45, 7) is 3.34. The molecule has 1 atom stereocenters. The molecule has 1 amide bonds. The van der Waals surface area contributed by atoms with Gasteiger partial charge in [0.05, 0.1) is 5.02 Å².